The molecule has 0 saturated carbocycles. The van der Waals surface area contributed by atoms with Gasteiger partial charge in [-0.2, -0.15) is 18.3 Å². The number of hydrogen-bond donors (Lipinski definition) is 1. The highest BCUT2D eigenvalue weighted by atomic mass is 19.4. The van der Waals surface area contributed by atoms with E-state index in [4.69, 9.17) is 4.74 Å². The van der Waals surface area contributed by atoms with Crippen molar-refractivity contribution in [1.29, 1.82) is 0 Å². The molecule has 0 spiro atoms. The molecule has 0 unspecified atom stereocenters. The molecule has 2 aromatic rings. The zero-order valence-electron chi connectivity index (χ0n) is 14.9. The number of aromatic nitrogens is 2. The molecule has 0 atom stereocenters. The Morgan fingerprint density at radius 3 is 2.60 bits per heavy atom. The Hall–Kier alpha value is -2.02. The van der Waals surface area contributed by atoms with E-state index in [9.17, 15) is 13.2 Å². The van der Waals surface area contributed by atoms with Gasteiger partial charge in [-0.05, 0) is 52.1 Å². The molecular formula is C18H24F3N3O. The van der Waals surface area contributed by atoms with Crippen molar-refractivity contribution in [3.63, 3.8) is 0 Å². The van der Waals surface area contributed by atoms with Crippen molar-refractivity contribution in [2.75, 3.05) is 13.6 Å². The van der Waals surface area contributed by atoms with E-state index in [2.05, 4.69) is 22.0 Å². The van der Waals surface area contributed by atoms with Crippen LogP contribution in [0, 0.1) is 0 Å². The van der Waals surface area contributed by atoms with Crippen molar-refractivity contribution in [2.24, 2.45) is 0 Å². The SMILES string of the molecule is CCCN(C)Cc1cn[nH]c1-c1ccc(OC(C)C)c(C(F)(F)F)c1. The van der Waals surface area contributed by atoms with Gasteiger partial charge >= 0.3 is 6.18 Å². The maximum absolute atomic E-state index is 13.4. The molecule has 1 aromatic carbocycles. The molecule has 0 amide bonds. The summed E-state index contributed by atoms with van der Waals surface area (Å²) < 4.78 is 45.6. The fourth-order valence-electron chi connectivity index (χ4n) is 2.70. The number of aromatic amines is 1. The minimum Gasteiger partial charge on any atom is -0.490 e. The zero-order chi connectivity index (χ0) is 18.6. The van der Waals surface area contributed by atoms with Crippen LogP contribution in [0.1, 0.15) is 38.3 Å². The van der Waals surface area contributed by atoms with E-state index < -0.39 is 11.7 Å². The number of benzene rings is 1. The van der Waals surface area contributed by atoms with Gasteiger partial charge in [-0.1, -0.05) is 6.92 Å². The molecule has 0 aliphatic carbocycles. The Balaban J connectivity index is 2.39. The predicted molar refractivity (Wildman–Crippen MR) is 91.4 cm³/mol. The molecule has 0 saturated heterocycles. The van der Waals surface area contributed by atoms with Crippen LogP contribution in [0.3, 0.4) is 0 Å². The van der Waals surface area contributed by atoms with E-state index >= 15 is 0 Å². The number of alkyl halides is 3. The average molecular weight is 355 g/mol. The first-order chi connectivity index (χ1) is 11.7. The average Bonchev–Trinajstić information content (AvgIpc) is 2.94. The highest BCUT2D eigenvalue weighted by Crippen LogP contribution is 2.39. The number of nitrogens with zero attached hydrogens (tertiary/aromatic N) is 2. The van der Waals surface area contributed by atoms with E-state index in [-0.39, 0.29) is 11.9 Å². The molecule has 0 aliphatic heterocycles. The van der Waals surface area contributed by atoms with Crippen molar-refractivity contribution in [3.05, 3.63) is 35.5 Å². The summed E-state index contributed by atoms with van der Waals surface area (Å²) in [6, 6.07) is 4.12. The van der Waals surface area contributed by atoms with Gasteiger partial charge in [-0.25, -0.2) is 0 Å². The Morgan fingerprint density at radius 1 is 1.28 bits per heavy atom. The van der Waals surface area contributed by atoms with Crippen LogP contribution in [0.4, 0.5) is 13.2 Å². The second kappa shape index (κ2) is 7.91. The molecule has 138 valence electrons. The second-order valence-corrected chi connectivity index (χ2v) is 6.38. The summed E-state index contributed by atoms with van der Waals surface area (Å²) in [5.41, 5.74) is 1.13. The molecular weight excluding hydrogens is 331 g/mol. The Kier molecular flexibility index (Phi) is 6.11. The van der Waals surface area contributed by atoms with Gasteiger partial charge in [0.15, 0.2) is 0 Å². The quantitative estimate of drug-likeness (QED) is 0.781. The van der Waals surface area contributed by atoms with Crippen molar-refractivity contribution in [2.45, 2.75) is 46.0 Å². The molecule has 0 bridgehead atoms. The van der Waals surface area contributed by atoms with Gasteiger partial charge in [0.2, 0.25) is 0 Å². The highest BCUT2D eigenvalue weighted by molar-refractivity contribution is 5.65. The number of nitrogens with one attached hydrogen (secondary N) is 1. The van der Waals surface area contributed by atoms with Crippen LogP contribution in [0.25, 0.3) is 11.3 Å². The minimum atomic E-state index is -4.49. The summed E-state index contributed by atoms with van der Waals surface area (Å²) in [5.74, 6) is -0.157. The number of H-pyrrole nitrogens is 1. The number of hydrogen-bond acceptors (Lipinski definition) is 3. The van der Waals surface area contributed by atoms with E-state index in [0.717, 1.165) is 24.6 Å². The fraction of sp³-hybridized carbons (Fsp3) is 0.500. The molecule has 25 heavy (non-hydrogen) atoms. The largest absolute Gasteiger partial charge is 0.490 e. The standard InChI is InChI=1S/C18H24F3N3O/c1-5-8-24(4)11-14-10-22-23-17(14)13-6-7-16(25-12(2)3)15(9-13)18(19,20)21/h6-7,9-10,12H,5,8,11H2,1-4H3,(H,22,23). The third-order valence-electron chi connectivity index (χ3n) is 3.70. The second-order valence-electron chi connectivity index (χ2n) is 6.38. The predicted octanol–water partition coefficient (Wildman–Crippen LogP) is 4.72. The van der Waals surface area contributed by atoms with Crippen LogP contribution in [0.2, 0.25) is 0 Å². The van der Waals surface area contributed by atoms with Gasteiger partial charge in [0, 0.05) is 17.7 Å². The molecule has 1 heterocycles. The lowest BCUT2D eigenvalue weighted by Gasteiger charge is -2.18. The molecule has 4 nitrogen and oxygen atoms in total. The van der Waals surface area contributed by atoms with Gasteiger partial charge in [-0.3, -0.25) is 5.10 Å². The van der Waals surface area contributed by atoms with Crippen molar-refractivity contribution in [1.82, 2.24) is 15.1 Å². The van der Waals surface area contributed by atoms with E-state index in [1.807, 2.05) is 7.05 Å². The van der Waals surface area contributed by atoms with Gasteiger partial charge in [0.1, 0.15) is 5.75 Å². The Bertz CT molecular complexity index is 695. The fourth-order valence-corrected chi connectivity index (χ4v) is 2.70. The van der Waals surface area contributed by atoms with Crippen LogP contribution in [-0.4, -0.2) is 34.8 Å². The summed E-state index contributed by atoms with van der Waals surface area (Å²) in [6.07, 6.45) is -2.16. The van der Waals surface area contributed by atoms with Crippen LogP contribution >= 0.6 is 0 Å². The lowest BCUT2D eigenvalue weighted by molar-refractivity contribution is -0.139. The lowest BCUT2D eigenvalue weighted by Crippen LogP contribution is -2.18. The maximum Gasteiger partial charge on any atom is 0.419 e. The van der Waals surface area contributed by atoms with Crippen LogP contribution in [0.15, 0.2) is 24.4 Å². The summed E-state index contributed by atoms with van der Waals surface area (Å²) in [5, 5.41) is 6.83. The topological polar surface area (TPSA) is 41.2 Å². The summed E-state index contributed by atoms with van der Waals surface area (Å²) in [4.78, 5) is 2.11. The Morgan fingerprint density at radius 2 is 2.00 bits per heavy atom. The van der Waals surface area contributed by atoms with Crippen molar-refractivity contribution in [3.8, 4) is 17.0 Å². The molecule has 1 aromatic heterocycles. The molecule has 7 heteroatoms. The third-order valence-corrected chi connectivity index (χ3v) is 3.70. The number of rotatable bonds is 7. The lowest BCUT2D eigenvalue weighted by atomic mass is 10.0. The molecule has 0 fully saturated rings. The molecule has 1 N–H and O–H groups in total. The molecule has 0 aliphatic rings. The number of halogens is 3. The molecule has 0 radical (unpaired) electrons. The summed E-state index contributed by atoms with van der Waals surface area (Å²) in [7, 11) is 1.97. The van der Waals surface area contributed by atoms with Crippen LogP contribution in [-0.2, 0) is 12.7 Å². The first kappa shape index (κ1) is 19.3. The molecule has 2 rings (SSSR count). The van der Waals surface area contributed by atoms with E-state index in [1.54, 1.807) is 26.1 Å². The normalized spacial score (nSPS) is 12.2. The van der Waals surface area contributed by atoms with Gasteiger partial charge in [0.05, 0.1) is 23.6 Å². The monoisotopic (exact) mass is 355 g/mol. The van der Waals surface area contributed by atoms with E-state index in [0.29, 0.717) is 17.8 Å². The van der Waals surface area contributed by atoms with Crippen molar-refractivity contribution < 1.29 is 17.9 Å². The first-order valence-corrected chi connectivity index (χ1v) is 8.31. The zero-order valence-corrected chi connectivity index (χ0v) is 14.9. The minimum absolute atomic E-state index is 0.157. The van der Waals surface area contributed by atoms with Gasteiger partial charge < -0.3 is 9.64 Å². The first-order valence-electron chi connectivity index (χ1n) is 8.31. The van der Waals surface area contributed by atoms with Gasteiger partial charge in [-0.15, -0.1) is 0 Å². The van der Waals surface area contributed by atoms with Crippen LogP contribution < -0.4 is 4.74 Å². The highest BCUT2D eigenvalue weighted by Gasteiger charge is 2.35. The smallest absolute Gasteiger partial charge is 0.419 e. The van der Waals surface area contributed by atoms with Gasteiger partial charge in [0.25, 0.3) is 0 Å². The maximum atomic E-state index is 13.4. The van der Waals surface area contributed by atoms with E-state index in [1.165, 1.54) is 6.07 Å². The number of ether oxygens (including phenoxy) is 1. The Labute approximate surface area is 146 Å². The van der Waals surface area contributed by atoms with Crippen molar-refractivity contribution >= 4 is 0 Å². The summed E-state index contributed by atoms with van der Waals surface area (Å²) >= 11 is 0. The summed E-state index contributed by atoms with van der Waals surface area (Å²) in [6.45, 7) is 7.00. The van der Waals surface area contributed by atoms with Crippen LogP contribution in [0.5, 0.6) is 5.75 Å². The third kappa shape index (κ3) is 4.98.